The van der Waals surface area contributed by atoms with Crippen LogP contribution in [0.15, 0.2) is 113 Å². The standard InChI is InChI=1S/C50H60N13O7PS/c1-31(2)25-52-48-56-44-42(46(65)58-48)54-29-62(44)40-23-36(60-50(33-15-8-5-9-16-33,34-17-10-6-11-18-34)35-19-12-7-13-20-35)39(70-40)28-68-71(72,67-22-14-21-51)61-37-24-41(69-38(37)27-64)63-30-55-43-45(63)57-49(59-47(43)66)53-26-32(3)4/h5-13,15-20,29-32,36-41,60,64H,14,22-28H2,1-4H3,(H,61,72)(H2,52,56,58,65)(H2,53,57,59,66)/t36-,37-,38+,39+,40+,41+,71?/m0/s1. The fourth-order valence-electron chi connectivity index (χ4n) is 9.25. The number of nitriles is 1. The normalized spacial score (nSPS) is 21.1. The number of nitrogens with zero attached hydrogens (tertiary/aromatic N) is 7. The van der Waals surface area contributed by atoms with Crippen LogP contribution in [0.4, 0.5) is 11.9 Å². The summed E-state index contributed by atoms with van der Waals surface area (Å²) in [5.41, 5.74) is 2.22. The van der Waals surface area contributed by atoms with E-state index in [1.807, 2.05) is 68.4 Å². The van der Waals surface area contributed by atoms with Crippen LogP contribution in [0.25, 0.3) is 22.3 Å². The highest BCUT2D eigenvalue weighted by Gasteiger charge is 2.46. The molecule has 3 aromatic carbocycles. The van der Waals surface area contributed by atoms with Gasteiger partial charge >= 0.3 is 0 Å². The number of ether oxygens (including phenoxy) is 2. The number of aliphatic hydroxyl groups excluding tert-OH is 1. The predicted molar refractivity (Wildman–Crippen MR) is 277 cm³/mol. The molecule has 7 aromatic rings. The molecule has 2 aliphatic heterocycles. The number of rotatable bonds is 22. The molecule has 0 bridgehead atoms. The van der Waals surface area contributed by atoms with Gasteiger partial charge in [-0.15, -0.1) is 0 Å². The van der Waals surface area contributed by atoms with Crippen LogP contribution >= 0.6 is 6.64 Å². The highest BCUT2D eigenvalue weighted by Crippen LogP contribution is 2.49. The van der Waals surface area contributed by atoms with Gasteiger partial charge in [0.25, 0.3) is 17.8 Å². The molecule has 4 aromatic heterocycles. The largest absolute Gasteiger partial charge is 0.394 e. The van der Waals surface area contributed by atoms with Gasteiger partial charge in [0.05, 0.1) is 62.7 Å². The summed E-state index contributed by atoms with van der Waals surface area (Å²) in [4.78, 5) is 50.4. The Morgan fingerprint density at radius 1 is 0.764 bits per heavy atom. The lowest BCUT2D eigenvalue weighted by Crippen LogP contribution is -2.53. The van der Waals surface area contributed by atoms with Crippen molar-refractivity contribution in [1.29, 1.82) is 5.26 Å². The Balaban J connectivity index is 1.06. The molecule has 9 rings (SSSR count). The first-order valence-corrected chi connectivity index (χ1v) is 26.8. The fourth-order valence-corrected chi connectivity index (χ4v) is 11.6. The Hall–Kier alpha value is -6.18. The second-order valence-corrected chi connectivity index (χ2v) is 22.0. The Kier molecular flexibility index (Phi) is 15.7. The third kappa shape index (κ3) is 10.9. The zero-order valence-corrected chi connectivity index (χ0v) is 42.2. The molecule has 0 radical (unpaired) electrons. The molecular formula is C50H60N13O7PS. The van der Waals surface area contributed by atoms with Crippen LogP contribution in [-0.2, 0) is 35.9 Å². The molecule has 2 fully saturated rings. The smallest absolute Gasteiger partial charge is 0.280 e. The maximum Gasteiger partial charge on any atom is 0.280 e. The number of hydrogen-bond acceptors (Lipinski definition) is 16. The zero-order valence-electron chi connectivity index (χ0n) is 40.5. The van der Waals surface area contributed by atoms with E-state index in [1.54, 1.807) is 15.5 Å². The van der Waals surface area contributed by atoms with Crippen LogP contribution in [0, 0.1) is 23.2 Å². The van der Waals surface area contributed by atoms with Gasteiger partial charge < -0.3 is 34.3 Å². The van der Waals surface area contributed by atoms with E-state index in [0.29, 0.717) is 54.5 Å². The number of imidazole rings is 2. The summed E-state index contributed by atoms with van der Waals surface area (Å²) in [5, 5.41) is 34.2. The Morgan fingerprint density at radius 3 is 1.69 bits per heavy atom. The van der Waals surface area contributed by atoms with Gasteiger partial charge in [-0.1, -0.05) is 119 Å². The minimum atomic E-state index is -3.54. The molecule has 7 N–H and O–H groups in total. The van der Waals surface area contributed by atoms with Gasteiger partial charge in [0, 0.05) is 38.0 Å². The lowest BCUT2D eigenvalue weighted by molar-refractivity contribution is -0.0265. The van der Waals surface area contributed by atoms with E-state index in [0.717, 1.165) is 16.7 Å². The average Bonchev–Trinajstić information content (AvgIpc) is 4.20. The molecule has 7 atom stereocenters. The molecule has 0 aliphatic carbocycles. The number of fused-ring (bicyclic) bond motifs is 2. The molecule has 20 nitrogen and oxygen atoms in total. The van der Waals surface area contributed by atoms with E-state index in [4.69, 9.17) is 35.3 Å². The van der Waals surface area contributed by atoms with Crippen molar-refractivity contribution < 1.29 is 23.6 Å². The number of benzene rings is 3. The first kappa shape index (κ1) is 50.7. The SMILES string of the molecule is CC(C)CNc1nc2c(ncn2[C@H]2C[C@H](NC(c3ccccc3)(c3ccccc3)c3ccccc3)[C@@H](COP(=S)(N[C@H]3C[C@H](n4cnc5c(=O)[nH]c(NCC(C)C)nc54)O[C@@H]3CO)OCCC#N)O2)c(=O)[nH]1. The second kappa shape index (κ2) is 22.3. The molecule has 0 spiro atoms. The van der Waals surface area contributed by atoms with E-state index in [1.165, 1.54) is 6.33 Å². The monoisotopic (exact) mass is 1020 g/mol. The van der Waals surface area contributed by atoms with Crippen LogP contribution in [-0.4, -0.2) is 101 Å². The number of H-pyrrole nitrogens is 2. The lowest BCUT2D eigenvalue weighted by atomic mass is 9.76. The van der Waals surface area contributed by atoms with Gasteiger partial charge in [-0.25, -0.2) is 15.1 Å². The van der Waals surface area contributed by atoms with Crippen LogP contribution in [0.2, 0.25) is 0 Å². The molecule has 0 saturated carbocycles. The summed E-state index contributed by atoms with van der Waals surface area (Å²) in [6.07, 6.45) is 0.851. The number of hydrogen-bond donors (Lipinski definition) is 7. The number of nitrogens with one attached hydrogen (secondary N) is 6. The quantitative estimate of drug-likeness (QED) is 0.0232. The van der Waals surface area contributed by atoms with Crippen molar-refractivity contribution in [2.24, 2.45) is 11.8 Å². The zero-order chi connectivity index (χ0) is 50.4. The minimum Gasteiger partial charge on any atom is -0.394 e. The number of aromatic nitrogens is 8. The lowest BCUT2D eigenvalue weighted by Gasteiger charge is -2.40. The van der Waals surface area contributed by atoms with Crippen molar-refractivity contribution in [3.8, 4) is 6.07 Å². The van der Waals surface area contributed by atoms with Gasteiger partial charge in [-0.2, -0.15) is 15.2 Å². The van der Waals surface area contributed by atoms with E-state index >= 15 is 0 Å². The van der Waals surface area contributed by atoms with Crippen molar-refractivity contribution >= 4 is 52.7 Å². The fraction of sp³-hybridized carbons (Fsp3) is 0.420. The molecule has 6 heterocycles. The summed E-state index contributed by atoms with van der Waals surface area (Å²) in [6.45, 7) is 5.36. The first-order chi connectivity index (χ1) is 34.9. The predicted octanol–water partition coefficient (Wildman–Crippen LogP) is 6.04. The van der Waals surface area contributed by atoms with Crippen LogP contribution < -0.4 is 32.2 Å². The first-order valence-electron chi connectivity index (χ1n) is 24.2. The van der Waals surface area contributed by atoms with E-state index < -0.39 is 54.5 Å². The molecule has 2 saturated heterocycles. The molecule has 2 aliphatic rings. The average molecular weight is 1020 g/mol. The third-order valence-corrected chi connectivity index (χ3v) is 15.3. The van der Waals surface area contributed by atoms with E-state index in [-0.39, 0.29) is 49.3 Å². The Labute approximate surface area is 421 Å². The van der Waals surface area contributed by atoms with Gasteiger partial charge in [0.2, 0.25) is 11.9 Å². The molecule has 22 heteroatoms. The van der Waals surface area contributed by atoms with Crippen molar-refractivity contribution in [2.45, 2.75) is 89.2 Å². The third-order valence-electron chi connectivity index (χ3n) is 12.7. The van der Waals surface area contributed by atoms with Crippen LogP contribution in [0.5, 0.6) is 0 Å². The van der Waals surface area contributed by atoms with Crippen molar-refractivity contribution in [1.82, 2.24) is 49.4 Å². The molecule has 72 heavy (non-hydrogen) atoms. The maximum absolute atomic E-state index is 13.4. The number of aromatic amines is 2. The van der Waals surface area contributed by atoms with Gasteiger partial charge in [0.1, 0.15) is 12.5 Å². The van der Waals surface area contributed by atoms with Crippen molar-refractivity contribution in [3.05, 3.63) is 141 Å². The number of anilines is 2. The summed E-state index contributed by atoms with van der Waals surface area (Å²) in [7, 11) is 0. The minimum absolute atomic E-state index is 0.0318. The molecule has 0 amide bonds. The topological polar surface area (TPSA) is 256 Å². The van der Waals surface area contributed by atoms with E-state index in [2.05, 4.69) is 102 Å². The van der Waals surface area contributed by atoms with Crippen LogP contribution in [0.3, 0.4) is 0 Å². The van der Waals surface area contributed by atoms with Crippen molar-refractivity contribution in [2.75, 3.05) is 43.5 Å². The summed E-state index contributed by atoms with van der Waals surface area (Å²) in [6, 6.07) is 31.7. The molecule has 1 unspecified atom stereocenters. The molecular weight excluding hydrogens is 958 g/mol. The van der Waals surface area contributed by atoms with Crippen LogP contribution in [0.1, 0.15) is 76.1 Å². The maximum atomic E-state index is 13.4. The van der Waals surface area contributed by atoms with Gasteiger partial charge in [-0.3, -0.25) is 34.0 Å². The Morgan fingerprint density at radius 2 is 1.24 bits per heavy atom. The van der Waals surface area contributed by atoms with Crippen molar-refractivity contribution in [3.63, 3.8) is 0 Å². The second-order valence-electron chi connectivity index (χ2n) is 18.8. The summed E-state index contributed by atoms with van der Waals surface area (Å²) < 4.78 is 30.0. The summed E-state index contributed by atoms with van der Waals surface area (Å²) >= 11 is 6.29. The number of aliphatic hydroxyl groups is 1. The highest BCUT2D eigenvalue weighted by atomic mass is 32.5. The Bertz CT molecular complexity index is 3050. The molecule has 378 valence electrons. The highest BCUT2D eigenvalue weighted by molar-refractivity contribution is 8.09. The summed E-state index contributed by atoms with van der Waals surface area (Å²) in [5.74, 6) is 1.22. The van der Waals surface area contributed by atoms with Gasteiger partial charge in [-0.05, 0) is 40.3 Å². The van der Waals surface area contributed by atoms with E-state index in [9.17, 15) is 20.0 Å². The van der Waals surface area contributed by atoms with Gasteiger partial charge in [0.15, 0.2) is 22.3 Å².